The van der Waals surface area contributed by atoms with Gasteiger partial charge in [0.25, 0.3) is 5.91 Å². The summed E-state index contributed by atoms with van der Waals surface area (Å²) in [6.45, 7) is 6.89. The maximum atomic E-state index is 12.3. The smallest absolute Gasteiger partial charge is 0.258 e. The topological polar surface area (TPSA) is 69.0 Å². The summed E-state index contributed by atoms with van der Waals surface area (Å²) in [6.07, 6.45) is 4.47. The molecule has 1 aliphatic rings. The average molecular weight is 342 g/mol. The van der Waals surface area contributed by atoms with Crippen molar-refractivity contribution in [2.45, 2.75) is 59.0 Å². The Morgan fingerprint density at radius 2 is 2.12 bits per heavy atom. The van der Waals surface area contributed by atoms with E-state index in [4.69, 9.17) is 4.74 Å². The molecule has 1 atom stereocenters. The van der Waals surface area contributed by atoms with Crippen LogP contribution in [0.5, 0.6) is 5.75 Å². The Labute approximate surface area is 148 Å². The van der Waals surface area contributed by atoms with Gasteiger partial charge in [-0.2, -0.15) is 0 Å². The van der Waals surface area contributed by atoms with Gasteiger partial charge in [0.2, 0.25) is 0 Å². The molecule has 1 amide bonds. The Morgan fingerprint density at radius 3 is 2.96 bits per heavy atom. The van der Waals surface area contributed by atoms with Crippen molar-refractivity contribution in [2.75, 3.05) is 6.61 Å². The molecule has 3 rings (SSSR count). The van der Waals surface area contributed by atoms with Crippen LogP contribution in [0.25, 0.3) is 0 Å². The molecule has 1 unspecified atom stereocenters. The lowest BCUT2D eigenvalue weighted by Crippen LogP contribution is -2.33. The van der Waals surface area contributed by atoms with E-state index in [1.807, 2.05) is 39.0 Å². The van der Waals surface area contributed by atoms with E-state index in [0.29, 0.717) is 0 Å². The van der Waals surface area contributed by atoms with Crippen molar-refractivity contribution in [3.63, 3.8) is 0 Å². The van der Waals surface area contributed by atoms with Crippen molar-refractivity contribution in [3.05, 3.63) is 41.0 Å². The molecule has 0 aliphatic carbocycles. The second kappa shape index (κ2) is 7.68. The minimum Gasteiger partial charge on any atom is -0.483 e. The zero-order valence-corrected chi connectivity index (χ0v) is 15.2. The number of carbonyl (C=O) groups is 1. The van der Waals surface area contributed by atoms with E-state index in [9.17, 15) is 4.79 Å². The molecule has 2 aromatic rings. The Balaban J connectivity index is 1.59. The van der Waals surface area contributed by atoms with E-state index >= 15 is 0 Å². The Hall–Kier alpha value is -2.37. The number of aromatic nitrogens is 3. The molecule has 1 aromatic carbocycles. The van der Waals surface area contributed by atoms with Gasteiger partial charge in [0.15, 0.2) is 12.4 Å². The Bertz CT molecular complexity index is 754. The second-order valence-electron chi connectivity index (χ2n) is 6.71. The summed E-state index contributed by atoms with van der Waals surface area (Å²) in [5.74, 6) is 2.45. The predicted octanol–water partition coefficient (Wildman–Crippen LogP) is 2.88. The van der Waals surface area contributed by atoms with Crippen molar-refractivity contribution in [1.82, 2.24) is 20.1 Å². The maximum Gasteiger partial charge on any atom is 0.258 e. The van der Waals surface area contributed by atoms with Crippen molar-refractivity contribution in [1.29, 1.82) is 0 Å². The van der Waals surface area contributed by atoms with Crippen LogP contribution in [0.2, 0.25) is 0 Å². The van der Waals surface area contributed by atoms with Crippen LogP contribution in [0.15, 0.2) is 18.2 Å². The molecule has 0 radical (unpaired) electrons. The van der Waals surface area contributed by atoms with Crippen LogP contribution < -0.4 is 10.1 Å². The molecule has 134 valence electrons. The van der Waals surface area contributed by atoms with Crippen LogP contribution in [0, 0.1) is 13.8 Å². The SMILES string of the molecule is Cc1cccc(OCC(=O)NC(C)c2nnc3n2CCCCC3)c1C. The molecule has 6 heteroatoms. The number of hydrogen-bond donors (Lipinski definition) is 1. The number of hydrogen-bond acceptors (Lipinski definition) is 4. The fourth-order valence-corrected chi connectivity index (χ4v) is 3.20. The summed E-state index contributed by atoms with van der Waals surface area (Å²) in [4.78, 5) is 12.3. The molecular weight excluding hydrogens is 316 g/mol. The standard InChI is InChI=1S/C19H26N4O2/c1-13-8-7-9-16(14(13)2)25-12-18(24)20-15(3)19-22-21-17-10-5-4-6-11-23(17)19/h7-9,15H,4-6,10-12H2,1-3H3,(H,20,24). The normalized spacial score (nSPS) is 15.2. The molecule has 0 fully saturated rings. The van der Waals surface area contributed by atoms with Crippen LogP contribution in [-0.2, 0) is 17.8 Å². The van der Waals surface area contributed by atoms with Crippen molar-refractivity contribution >= 4 is 5.91 Å². The highest BCUT2D eigenvalue weighted by Gasteiger charge is 2.20. The van der Waals surface area contributed by atoms with Gasteiger partial charge in [-0.3, -0.25) is 4.79 Å². The quantitative estimate of drug-likeness (QED) is 0.907. The highest BCUT2D eigenvalue weighted by Crippen LogP contribution is 2.21. The van der Waals surface area contributed by atoms with Crippen LogP contribution in [0.1, 0.15) is 55.0 Å². The summed E-state index contributed by atoms with van der Waals surface area (Å²) < 4.78 is 7.83. The summed E-state index contributed by atoms with van der Waals surface area (Å²) in [6, 6.07) is 5.66. The molecule has 1 N–H and O–H groups in total. The van der Waals surface area contributed by atoms with Gasteiger partial charge < -0.3 is 14.6 Å². The number of nitrogens with one attached hydrogen (secondary N) is 1. The number of carbonyl (C=O) groups excluding carboxylic acids is 1. The Morgan fingerprint density at radius 1 is 1.28 bits per heavy atom. The van der Waals surface area contributed by atoms with Gasteiger partial charge in [-0.15, -0.1) is 10.2 Å². The largest absolute Gasteiger partial charge is 0.483 e. The number of rotatable bonds is 5. The minimum absolute atomic E-state index is 0.00434. The van der Waals surface area contributed by atoms with Gasteiger partial charge in [0.05, 0.1) is 6.04 Å². The van der Waals surface area contributed by atoms with Crippen LogP contribution >= 0.6 is 0 Å². The van der Waals surface area contributed by atoms with Gasteiger partial charge in [-0.25, -0.2) is 0 Å². The van der Waals surface area contributed by atoms with Crippen molar-refractivity contribution in [2.24, 2.45) is 0 Å². The molecule has 2 heterocycles. The monoisotopic (exact) mass is 342 g/mol. The molecule has 0 saturated carbocycles. The van der Waals surface area contributed by atoms with E-state index in [1.165, 1.54) is 6.42 Å². The molecule has 0 saturated heterocycles. The average Bonchev–Trinajstić information content (AvgIpc) is 2.85. The summed E-state index contributed by atoms with van der Waals surface area (Å²) in [7, 11) is 0. The summed E-state index contributed by atoms with van der Waals surface area (Å²) >= 11 is 0. The van der Waals surface area contributed by atoms with E-state index < -0.39 is 0 Å². The van der Waals surface area contributed by atoms with Gasteiger partial charge >= 0.3 is 0 Å². The van der Waals surface area contributed by atoms with Gasteiger partial charge in [0, 0.05) is 13.0 Å². The number of ether oxygens (including phenoxy) is 1. The molecule has 25 heavy (non-hydrogen) atoms. The van der Waals surface area contributed by atoms with Crippen molar-refractivity contribution < 1.29 is 9.53 Å². The first-order valence-electron chi connectivity index (χ1n) is 8.96. The third kappa shape index (κ3) is 4.00. The van der Waals surface area contributed by atoms with E-state index in [0.717, 1.165) is 54.3 Å². The van der Waals surface area contributed by atoms with Crippen LogP contribution in [-0.4, -0.2) is 27.3 Å². The molecule has 0 spiro atoms. The summed E-state index contributed by atoms with van der Waals surface area (Å²) in [5, 5.41) is 11.6. The molecule has 1 aliphatic heterocycles. The van der Waals surface area contributed by atoms with Crippen molar-refractivity contribution in [3.8, 4) is 5.75 Å². The number of aryl methyl sites for hydroxylation is 2. The lowest BCUT2D eigenvalue weighted by Gasteiger charge is -2.16. The number of fused-ring (bicyclic) bond motifs is 1. The van der Waals surface area contributed by atoms with E-state index in [-0.39, 0.29) is 18.6 Å². The molecule has 6 nitrogen and oxygen atoms in total. The van der Waals surface area contributed by atoms with Gasteiger partial charge in [-0.1, -0.05) is 18.6 Å². The third-order valence-electron chi connectivity index (χ3n) is 4.82. The second-order valence-corrected chi connectivity index (χ2v) is 6.71. The molecule has 0 bridgehead atoms. The Kier molecular flexibility index (Phi) is 5.36. The number of amides is 1. The zero-order valence-electron chi connectivity index (χ0n) is 15.2. The van der Waals surface area contributed by atoms with E-state index in [1.54, 1.807) is 0 Å². The van der Waals surface area contributed by atoms with Crippen LogP contribution in [0.3, 0.4) is 0 Å². The first kappa shape index (κ1) is 17.5. The molecule has 1 aromatic heterocycles. The zero-order chi connectivity index (χ0) is 17.8. The highest BCUT2D eigenvalue weighted by atomic mass is 16.5. The number of benzene rings is 1. The molecular formula is C19H26N4O2. The fourth-order valence-electron chi connectivity index (χ4n) is 3.20. The summed E-state index contributed by atoms with van der Waals surface area (Å²) in [5.41, 5.74) is 2.21. The van der Waals surface area contributed by atoms with Gasteiger partial charge in [-0.05, 0) is 50.8 Å². The first-order chi connectivity index (χ1) is 12.1. The maximum absolute atomic E-state index is 12.3. The minimum atomic E-state index is -0.186. The first-order valence-corrected chi connectivity index (χ1v) is 8.96. The predicted molar refractivity (Wildman–Crippen MR) is 95.5 cm³/mol. The number of nitrogens with zero attached hydrogens (tertiary/aromatic N) is 3. The lowest BCUT2D eigenvalue weighted by atomic mass is 10.1. The van der Waals surface area contributed by atoms with E-state index in [2.05, 4.69) is 20.1 Å². The van der Waals surface area contributed by atoms with Gasteiger partial charge in [0.1, 0.15) is 11.6 Å². The van der Waals surface area contributed by atoms with Crippen LogP contribution in [0.4, 0.5) is 0 Å². The highest BCUT2D eigenvalue weighted by molar-refractivity contribution is 5.77. The third-order valence-corrected chi connectivity index (χ3v) is 4.82. The lowest BCUT2D eigenvalue weighted by molar-refractivity contribution is -0.123. The fraction of sp³-hybridized carbons (Fsp3) is 0.526.